The average Bonchev–Trinajstić information content (AvgIpc) is 3.95. The van der Waals surface area contributed by atoms with Crippen LogP contribution in [0.4, 0.5) is 10.2 Å². The summed E-state index contributed by atoms with van der Waals surface area (Å²) in [7, 11) is 1.51. The van der Waals surface area contributed by atoms with Crippen molar-refractivity contribution in [1.82, 2.24) is 25.1 Å². The largest absolute Gasteiger partial charge is 0.493 e. The number of fused-ring (bicyclic) bond motifs is 5. The molecule has 1 N–H and O–H groups in total. The summed E-state index contributed by atoms with van der Waals surface area (Å²) in [5, 5.41) is 14.0. The average molecular weight is 707 g/mol. The summed E-state index contributed by atoms with van der Waals surface area (Å²) in [5.74, 6) is 1.43. The molecule has 252 valence electrons. The minimum absolute atomic E-state index is 0.0159. The Bertz CT molecular complexity index is 2340. The van der Waals surface area contributed by atoms with Gasteiger partial charge in [-0.05, 0) is 79.3 Å². The van der Waals surface area contributed by atoms with Crippen molar-refractivity contribution >= 4 is 44.7 Å². The first kappa shape index (κ1) is 31.1. The van der Waals surface area contributed by atoms with Crippen LogP contribution < -0.4 is 10.1 Å². The molecule has 4 aromatic heterocycles. The van der Waals surface area contributed by atoms with Crippen molar-refractivity contribution in [2.75, 3.05) is 19.0 Å². The summed E-state index contributed by atoms with van der Waals surface area (Å²) in [6.45, 7) is 2.46. The molecular weight excluding hydrogens is 675 g/mol. The molecule has 9 rings (SSSR count). The fraction of sp³-hybridized carbons (Fsp3) is 0.289. The molecule has 2 aliphatic heterocycles. The van der Waals surface area contributed by atoms with Crippen molar-refractivity contribution in [2.24, 2.45) is 0 Å². The number of benzene rings is 2. The van der Waals surface area contributed by atoms with Gasteiger partial charge in [-0.1, -0.05) is 35.9 Å². The van der Waals surface area contributed by atoms with Gasteiger partial charge in [0.05, 0.1) is 46.4 Å². The highest BCUT2D eigenvalue weighted by Gasteiger charge is 2.45. The van der Waals surface area contributed by atoms with Crippen LogP contribution in [0.3, 0.4) is 0 Å². The number of nitrogens with one attached hydrogen (secondary N) is 1. The standard InChI is InChI=1S/C38H32ClFN6O3S/c1-19-44-45-37(49-19)30-27(13-9-20-6-3-4-7-24(20)39)42-33-28-8-5-17-46(28)38(47)32(33)31(30)29-18-21-15-16-41-36(35(21)50-29)43-26-14-11-23-22(26)10-12-25(40)34(23)48-2/h3-4,6-7,10,12,15-16,18,26,28H,5,8-9,11,13-14,17H2,1-2H3,(H,41,43). The van der Waals surface area contributed by atoms with Gasteiger partial charge < -0.3 is 19.4 Å². The predicted octanol–water partition coefficient (Wildman–Crippen LogP) is 8.69. The Morgan fingerprint density at radius 3 is 2.80 bits per heavy atom. The second-order valence-electron chi connectivity index (χ2n) is 13.0. The Morgan fingerprint density at radius 2 is 1.98 bits per heavy atom. The second-order valence-corrected chi connectivity index (χ2v) is 14.5. The number of anilines is 1. The zero-order valence-electron chi connectivity index (χ0n) is 27.4. The number of carbonyl (C=O) groups excluding carboxylic acids is 1. The number of thiophene rings is 1. The minimum Gasteiger partial charge on any atom is -0.493 e. The molecule has 1 aliphatic carbocycles. The van der Waals surface area contributed by atoms with Crippen LogP contribution in [-0.4, -0.2) is 44.6 Å². The van der Waals surface area contributed by atoms with E-state index in [1.807, 2.05) is 41.3 Å². The van der Waals surface area contributed by atoms with Crippen LogP contribution in [0.2, 0.25) is 5.02 Å². The summed E-state index contributed by atoms with van der Waals surface area (Å²) < 4.78 is 27.0. The monoisotopic (exact) mass is 706 g/mol. The van der Waals surface area contributed by atoms with Crippen molar-refractivity contribution < 1.29 is 18.3 Å². The first-order valence-corrected chi connectivity index (χ1v) is 18.0. The topological polar surface area (TPSA) is 106 Å². The number of aromatic nitrogens is 4. The molecule has 6 heterocycles. The lowest BCUT2D eigenvalue weighted by atomic mass is 9.93. The third-order valence-electron chi connectivity index (χ3n) is 10.2. The highest BCUT2D eigenvalue weighted by atomic mass is 35.5. The molecular formula is C38H32ClFN6O3S. The van der Waals surface area contributed by atoms with E-state index in [9.17, 15) is 9.18 Å². The first-order chi connectivity index (χ1) is 24.4. The summed E-state index contributed by atoms with van der Waals surface area (Å²) in [5.41, 5.74) is 6.57. The van der Waals surface area contributed by atoms with E-state index in [0.29, 0.717) is 59.5 Å². The molecule has 1 amide bonds. The summed E-state index contributed by atoms with van der Waals surface area (Å²) in [6.07, 6.45) is 6.30. The Labute approximate surface area is 296 Å². The van der Waals surface area contributed by atoms with Gasteiger partial charge in [0.1, 0.15) is 5.82 Å². The molecule has 0 spiro atoms. The van der Waals surface area contributed by atoms with Gasteiger partial charge in [0.25, 0.3) is 5.91 Å². The number of halogens is 2. The normalized spacial score (nSPS) is 17.8. The van der Waals surface area contributed by atoms with E-state index in [4.69, 9.17) is 30.7 Å². The van der Waals surface area contributed by atoms with Crippen molar-refractivity contribution in [3.63, 3.8) is 0 Å². The molecule has 50 heavy (non-hydrogen) atoms. The van der Waals surface area contributed by atoms with E-state index in [-0.39, 0.29) is 23.8 Å². The van der Waals surface area contributed by atoms with E-state index in [2.05, 4.69) is 21.6 Å². The number of rotatable bonds is 8. The van der Waals surface area contributed by atoms with Crippen LogP contribution in [-0.2, 0) is 19.3 Å². The molecule has 2 unspecified atom stereocenters. The maximum absolute atomic E-state index is 14.5. The fourth-order valence-corrected chi connectivity index (χ4v) is 9.32. The summed E-state index contributed by atoms with van der Waals surface area (Å²) >= 11 is 8.16. The molecule has 3 aliphatic rings. The van der Waals surface area contributed by atoms with E-state index >= 15 is 0 Å². The lowest BCUT2D eigenvalue weighted by molar-refractivity contribution is 0.0776. The lowest BCUT2D eigenvalue weighted by Gasteiger charge is -2.16. The van der Waals surface area contributed by atoms with Gasteiger partial charge >= 0.3 is 0 Å². The Balaban J connectivity index is 1.20. The molecule has 6 aromatic rings. The lowest BCUT2D eigenvalue weighted by Crippen LogP contribution is -2.22. The van der Waals surface area contributed by atoms with Gasteiger partial charge in [0.15, 0.2) is 11.6 Å². The molecule has 12 heteroatoms. The van der Waals surface area contributed by atoms with Crippen LogP contribution in [0.1, 0.15) is 75.7 Å². The van der Waals surface area contributed by atoms with E-state index < -0.39 is 0 Å². The molecule has 1 fully saturated rings. The number of pyridine rings is 2. The van der Waals surface area contributed by atoms with Gasteiger partial charge in [-0.2, -0.15) is 0 Å². The highest BCUT2D eigenvalue weighted by molar-refractivity contribution is 7.23. The summed E-state index contributed by atoms with van der Waals surface area (Å²) in [4.78, 5) is 27.1. The summed E-state index contributed by atoms with van der Waals surface area (Å²) in [6, 6.07) is 15.1. The number of ether oxygens (including phenoxy) is 1. The molecule has 0 bridgehead atoms. The van der Waals surface area contributed by atoms with E-state index in [1.165, 1.54) is 13.2 Å². The maximum Gasteiger partial charge on any atom is 0.257 e. The number of nitrogens with zero attached hydrogens (tertiary/aromatic N) is 5. The van der Waals surface area contributed by atoms with Crippen molar-refractivity contribution in [3.05, 3.63) is 105 Å². The number of aryl methyl sites for hydroxylation is 3. The Kier molecular flexibility index (Phi) is 7.58. The van der Waals surface area contributed by atoms with Crippen LogP contribution in [0.15, 0.2) is 59.1 Å². The van der Waals surface area contributed by atoms with Gasteiger partial charge in [0, 0.05) is 40.7 Å². The van der Waals surface area contributed by atoms with Gasteiger partial charge in [0.2, 0.25) is 11.8 Å². The fourth-order valence-electron chi connectivity index (χ4n) is 7.93. The zero-order chi connectivity index (χ0) is 34.1. The highest BCUT2D eigenvalue weighted by Crippen LogP contribution is 2.51. The molecule has 1 saturated heterocycles. The van der Waals surface area contributed by atoms with Crippen molar-refractivity contribution in [3.8, 4) is 27.6 Å². The number of carbonyl (C=O) groups is 1. The Morgan fingerprint density at radius 1 is 1.10 bits per heavy atom. The SMILES string of the molecule is COc1c(F)ccc2c1CCC2Nc1nccc2cc(-c3c4c(nc(CCc5ccccc5Cl)c3-c3nnc(C)o3)C3CCCN3C4=O)sc12. The second kappa shape index (κ2) is 12.2. The zero-order valence-corrected chi connectivity index (χ0v) is 29.0. The van der Waals surface area contributed by atoms with Crippen LogP contribution in [0.5, 0.6) is 5.75 Å². The molecule has 2 aromatic carbocycles. The van der Waals surface area contributed by atoms with Crippen LogP contribution in [0, 0.1) is 12.7 Å². The molecule has 0 saturated carbocycles. The first-order valence-electron chi connectivity index (χ1n) is 16.8. The molecule has 9 nitrogen and oxygen atoms in total. The quantitative estimate of drug-likeness (QED) is 0.168. The van der Waals surface area contributed by atoms with Crippen molar-refractivity contribution in [2.45, 2.75) is 57.5 Å². The third kappa shape index (κ3) is 4.97. The van der Waals surface area contributed by atoms with Crippen LogP contribution in [0.25, 0.3) is 32.0 Å². The maximum atomic E-state index is 14.5. The molecule has 2 atom stereocenters. The number of hydrogen-bond acceptors (Lipinski definition) is 9. The van der Waals surface area contributed by atoms with Gasteiger partial charge in [-0.3, -0.25) is 9.78 Å². The van der Waals surface area contributed by atoms with Gasteiger partial charge in [-0.15, -0.1) is 21.5 Å². The van der Waals surface area contributed by atoms with E-state index in [1.54, 1.807) is 24.5 Å². The van der Waals surface area contributed by atoms with Crippen molar-refractivity contribution in [1.29, 1.82) is 0 Å². The number of amides is 1. The Hall–Kier alpha value is -4.87. The van der Waals surface area contributed by atoms with Crippen LogP contribution >= 0.6 is 22.9 Å². The number of methoxy groups -OCH3 is 1. The number of hydrogen-bond donors (Lipinski definition) is 1. The van der Waals surface area contributed by atoms with E-state index in [0.717, 1.165) is 73.7 Å². The third-order valence-corrected chi connectivity index (χ3v) is 11.7. The van der Waals surface area contributed by atoms with Gasteiger partial charge in [-0.25, -0.2) is 9.37 Å². The molecule has 0 radical (unpaired) electrons. The predicted molar refractivity (Wildman–Crippen MR) is 190 cm³/mol. The smallest absolute Gasteiger partial charge is 0.257 e. The minimum atomic E-state index is -0.353.